The topological polar surface area (TPSA) is 75.7 Å². The van der Waals surface area contributed by atoms with Crippen LogP contribution in [-0.4, -0.2) is 52.0 Å². The number of nitrogens with one attached hydrogen (secondary N) is 1. The van der Waals surface area contributed by atoms with E-state index in [4.69, 9.17) is 4.74 Å². The van der Waals surface area contributed by atoms with Crippen LogP contribution in [0.5, 0.6) is 0 Å². The number of esters is 1. The van der Waals surface area contributed by atoms with Gasteiger partial charge in [0.1, 0.15) is 0 Å². The van der Waals surface area contributed by atoms with E-state index in [-0.39, 0.29) is 4.90 Å². The Labute approximate surface area is 144 Å². The molecule has 0 unspecified atom stereocenters. The average Bonchev–Trinajstić information content (AvgIpc) is 2.59. The number of nitrogens with zero attached hydrogens (tertiary/aromatic N) is 1. The summed E-state index contributed by atoms with van der Waals surface area (Å²) in [5.41, 5.74) is 0.991. The number of carbonyl (C=O) groups excluding carboxylic acids is 1. The van der Waals surface area contributed by atoms with E-state index in [1.54, 1.807) is 17.3 Å². The summed E-state index contributed by atoms with van der Waals surface area (Å²) in [6.45, 7) is 6.74. The first kappa shape index (κ1) is 18.9. The minimum atomic E-state index is -3.52. The van der Waals surface area contributed by atoms with E-state index in [9.17, 15) is 13.2 Å². The fourth-order valence-corrected chi connectivity index (χ4v) is 4.54. The van der Waals surface area contributed by atoms with Crippen molar-refractivity contribution in [3.8, 4) is 0 Å². The number of sulfonamides is 1. The summed E-state index contributed by atoms with van der Waals surface area (Å²) in [6, 6.07) is 4.55. The number of carbonyl (C=O) groups is 1. The molecule has 1 saturated heterocycles. The van der Waals surface area contributed by atoms with Crippen LogP contribution >= 0.6 is 0 Å². The summed E-state index contributed by atoms with van der Waals surface area (Å²) < 4.78 is 31.9. The fraction of sp³-hybridized carbons (Fsp3) is 0.588. The molecule has 1 aromatic carbocycles. The predicted molar refractivity (Wildman–Crippen MR) is 92.5 cm³/mol. The van der Waals surface area contributed by atoms with E-state index < -0.39 is 16.0 Å². The Bertz CT molecular complexity index is 680. The maximum atomic E-state index is 12.8. The normalized spacial score (nSPS) is 17.0. The molecule has 0 bridgehead atoms. The molecule has 0 saturated carbocycles. The Morgan fingerprint density at radius 1 is 1.33 bits per heavy atom. The molecule has 1 aliphatic heterocycles. The van der Waals surface area contributed by atoms with E-state index >= 15 is 0 Å². The predicted octanol–water partition coefficient (Wildman–Crippen LogP) is 1.79. The number of ether oxygens (including phenoxy) is 1. The van der Waals surface area contributed by atoms with Crippen LogP contribution in [0.15, 0.2) is 23.1 Å². The maximum absolute atomic E-state index is 12.8. The highest BCUT2D eigenvalue weighted by Gasteiger charge is 2.29. The van der Waals surface area contributed by atoms with Gasteiger partial charge in [0.2, 0.25) is 10.0 Å². The monoisotopic (exact) mass is 354 g/mol. The van der Waals surface area contributed by atoms with Gasteiger partial charge in [0.25, 0.3) is 0 Å². The second kappa shape index (κ2) is 8.09. The second-order valence-electron chi connectivity index (χ2n) is 6.12. The first-order valence-corrected chi connectivity index (χ1v) is 9.74. The minimum Gasteiger partial charge on any atom is -0.465 e. The van der Waals surface area contributed by atoms with Crippen molar-refractivity contribution in [1.82, 2.24) is 9.62 Å². The van der Waals surface area contributed by atoms with Gasteiger partial charge in [-0.2, -0.15) is 4.31 Å². The molecule has 0 spiro atoms. The lowest BCUT2D eigenvalue weighted by Gasteiger charge is -2.31. The van der Waals surface area contributed by atoms with Crippen LogP contribution in [0.1, 0.15) is 35.7 Å². The molecule has 1 N–H and O–H groups in total. The average molecular weight is 354 g/mol. The molecule has 2 rings (SSSR count). The van der Waals surface area contributed by atoms with Crippen LogP contribution in [0.2, 0.25) is 0 Å². The standard InChI is InChI=1S/C17H26N2O4S/c1-4-18-12-14-7-9-19(10-8-14)24(21,22)15-5-6-16(13(2)11-15)17(20)23-3/h5-6,11,14,18H,4,7-10,12H2,1-3H3. The fourth-order valence-electron chi connectivity index (χ4n) is 2.99. The van der Waals surface area contributed by atoms with Crippen LogP contribution in [0.4, 0.5) is 0 Å². The summed E-state index contributed by atoms with van der Waals surface area (Å²) in [6.07, 6.45) is 1.73. The molecular weight excluding hydrogens is 328 g/mol. The number of benzene rings is 1. The first-order chi connectivity index (χ1) is 11.4. The third-order valence-corrected chi connectivity index (χ3v) is 6.39. The molecule has 1 heterocycles. The van der Waals surface area contributed by atoms with Crippen molar-refractivity contribution in [2.75, 3.05) is 33.3 Å². The molecule has 7 heteroatoms. The van der Waals surface area contributed by atoms with Crippen molar-refractivity contribution in [3.63, 3.8) is 0 Å². The Kier molecular flexibility index (Phi) is 6.37. The number of rotatable bonds is 6. The van der Waals surface area contributed by atoms with Gasteiger partial charge in [-0.05, 0) is 62.5 Å². The quantitative estimate of drug-likeness (QED) is 0.788. The second-order valence-corrected chi connectivity index (χ2v) is 8.06. The minimum absolute atomic E-state index is 0.234. The lowest BCUT2D eigenvalue weighted by molar-refractivity contribution is 0.0600. The van der Waals surface area contributed by atoms with Crippen molar-refractivity contribution in [1.29, 1.82) is 0 Å². The van der Waals surface area contributed by atoms with Gasteiger partial charge < -0.3 is 10.1 Å². The molecule has 6 nitrogen and oxygen atoms in total. The first-order valence-electron chi connectivity index (χ1n) is 8.30. The summed E-state index contributed by atoms with van der Waals surface area (Å²) in [5.74, 6) is 0.0699. The van der Waals surface area contributed by atoms with Gasteiger partial charge in [0.15, 0.2) is 0 Å². The summed E-state index contributed by atoms with van der Waals surface area (Å²) in [7, 11) is -2.21. The largest absolute Gasteiger partial charge is 0.465 e. The highest BCUT2D eigenvalue weighted by Crippen LogP contribution is 2.25. The van der Waals surface area contributed by atoms with E-state index in [1.807, 2.05) is 0 Å². The highest BCUT2D eigenvalue weighted by atomic mass is 32.2. The summed E-state index contributed by atoms with van der Waals surface area (Å²) in [4.78, 5) is 11.9. The molecule has 0 aromatic heterocycles. The van der Waals surface area contributed by atoms with Gasteiger partial charge in [-0.15, -0.1) is 0 Å². The van der Waals surface area contributed by atoms with Crippen LogP contribution in [0, 0.1) is 12.8 Å². The van der Waals surface area contributed by atoms with Gasteiger partial charge in [-0.1, -0.05) is 6.92 Å². The molecular formula is C17H26N2O4S. The van der Waals surface area contributed by atoms with Gasteiger partial charge in [0, 0.05) is 13.1 Å². The van der Waals surface area contributed by atoms with Crippen LogP contribution < -0.4 is 5.32 Å². The lowest BCUT2D eigenvalue weighted by atomic mass is 9.98. The Balaban J connectivity index is 2.11. The molecule has 24 heavy (non-hydrogen) atoms. The number of hydrogen-bond acceptors (Lipinski definition) is 5. The maximum Gasteiger partial charge on any atom is 0.338 e. The molecule has 0 atom stereocenters. The van der Waals surface area contributed by atoms with Gasteiger partial charge in [-0.25, -0.2) is 13.2 Å². The van der Waals surface area contributed by atoms with Crippen LogP contribution in [0.25, 0.3) is 0 Å². The van der Waals surface area contributed by atoms with Crippen molar-refractivity contribution >= 4 is 16.0 Å². The summed E-state index contributed by atoms with van der Waals surface area (Å²) in [5, 5.41) is 3.32. The Morgan fingerprint density at radius 2 is 2.00 bits per heavy atom. The molecule has 1 aromatic rings. The number of hydrogen-bond donors (Lipinski definition) is 1. The lowest BCUT2D eigenvalue weighted by Crippen LogP contribution is -2.40. The molecule has 1 fully saturated rings. The zero-order valence-corrected chi connectivity index (χ0v) is 15.4. The van der Waals surface area contributed by atoms with Crippen molar-refractivity contribution in [2.45, 2.75) is 31.6 Å². The van der Waals surface area contributed by atoms with Crippen molar-refractivity contribution in [2.24, 2.45) is 5.92 Å². The highest BCUT2D eigenvalue weighted by molar-refractivity contribution is 7.89. The van der Waals surface area contributed by atoms with E-state index in [2.05, 4.69) is 12.2 Å². The molecule has 0 aliphatic carbocycles. The van der Waals surface area contributed by atoms with E-state index in [0.717, 1.165) is 25.9 Å². The number of methoxy groups -OCH3 is 1. The van der Waals surface area contributed by atoms with Crippen LogP contribution in [-0.2, 0) is 14.8 Å². The summed E-state index contributed by atoms with van der Waals surface area (Å²) >= 11 is 0. The molecule has 134 valence electrons. The van der Waals surface area contributed by atoms with Crippen molar-refractivity contribution in [3.05, 3.63) is 29.3 Å². The molecule has 1 aliphatic rings. The van der Waals surface area contributed by atoms with Gasteiger partial charge in [-0.3, -0.25) is 0 Å². The number of piperidine rings is 1. The zero-order valence-electron chi connectivity index (χ0n) is 14.5. The van der Waals surface area contributed by atoms with E-state index in [1.165, 1.54) is 19.2 Å². The third-order valence-electron chi connectivity index (χ3n) is 4.50. The smallest absolute Gasteiger partial charge is 0.338 e. The van der Waals surface area contributed by atoms with Crippen LogP contribution in [0.3, 0.4) is 0 Å². The number of aryl methyl sites for hydroxylation is 1. The van der Waals surface area contributed by atoms with Crippen molar-refractivity contribution < 1.29 is 17.9 Å². The molecule has 0 radical (unpaired) electrons. The SMILES string of the molecule is CCNCC1CCN(S(=O)(=O)c2ccc(C(=O)OC)c(C)c2)CC1. The zero-order chi connectivity index (χ0) is 17.7. The van der Waals surface area contributed by atoms with Gasteiger partial charge in [0.05, 0.1) is 17.6 Å². The van der Waals surface area contributed by atoms with Gasteiger partial charge >= 0.3 is 5.97 Å². The van der Waals surface area contributed by atoms with E-state index in [0.29, 0.717) is 30.1 Å². The molecule has 0 amide bonds. The Morgan fingerprint density at radius 3 is 2.54 bits per heavy atom. The third kappa shape index (κ3) is 4.15. The Hall–Kier alpha value is -1.44.